The fraction of sp³-hybridized carbons (Fsp3) is 0.500. The summed E-state index contributed by atoms with van der Waals surface area (Å²) in [5.41, 5.74) is 5.83. The van der Waals surface area contributed by atoms with Crippen LogP contribution >= 0.6 is 24.0 Å². The molecule has 26 heavy (non-hydrogen) atoms. The van der Waals surface area contributed by atoms with Gasteiger partial charge in [0, 0.05) is 37.7 Å². The summed E-state index contributed by atoms with van der Waals surface area (Å²) in [5, 5.41) is 12.3. The van der Waals surface area contributed by atoms with Crippen molar-refractivity contribution in [3.63, 3.8) is 0 Å². The number of ether oxygens (including phenoxy) is 1. The normalized spacial score (nSPS) is 14.5. The van der Waals surface area contributed by atoms with Gasteiger partial charge in [-0.3, -0.25) is 10.4 Å². The van der Waals surface area contributed by atoms with Gasteiger partial charge in [0.1, 0.15) is 0 Å². The van der Waals surface area contributed by atoms with E-state index in [1.54, 1.807) is 11.8 Å². The van der Waals surface area contributed by atoms with E-state index in [0.29, 0.717) is 5.11 Å². The molecule has 0 amide bonds. The fourth-order valence-electron chi connectivity index (χ4n) is 2.21. The average Bonchev–Trinajstić information content (AvgIpc) is 2.67. The SMILES string of the molecule is CCOCCCNC(=S)N/N=C(/C)c1ccc(NC2=NCCCS2)cc1. The van der Waals surface area contributed by atoms with Gasteiger partial charge in [-0.1, -0.05) is 23.9 Å². The van der Waals surface area contributed by atoms with Crippen LogP contribution in [0.2, 0.25) is 0 Å². The molecule has 8 heteroatoms. The second-order valence-corrected chi connectivity index (χ2v) is 7.20. The topological polar surface area (TPSA) is 70.0 Å². The van der Waals surface area contributed by atoms with Crippen molar-refractivity contribution in [2.75, 3.05) is 37.4 Å². The number of aliphatic imine (C=N–C) groups is 1. The molecule has 0 fully saturated rings. The van der Waals surface area contributed by atoms with Crippen molar-refractivity contribution in [3.05, 3.63) is 29.8 Å². The number of anilines is 1. The number of rotatable bonds is 8. The van der Waals surface area contributed by atoms with Crippen LogP contribution in [-0.2, 0) is 4.74 Å². The highest BCUT2D eigenvalue weighted by Gasteiger charge is 2.06. The molecule has 2 rings (SSSR count). The minimum Gasteiger partial charge on any atom is -0.382 e. The Morgan fingerprint density at radius 2 is 2.15 bits per heavy atom. The summed E-state index contributed by atoms with van der Waals surface area (Å²) >= 11 is 6.98. The van der Waals surface area contributed by atoms with Gasteiger partial charge >= 0.3 is 0 Å². The van der Waals surface area contributed by atoms with Crippen molar-refractivity contribution in [3.8, 4) is 0 Å². The van der Waals surface area contributed by atoms with Crippen molar-refractivity contribution in [1.29, 1.82) is 0 Å². The summed E-state index contributed by atoms with van der Waals surface area (Å²) < 4.78 is 5.28. The molecule has 1 aromatic carbocycles. The van der Waals surface area contributed by atoms with Gasteiger partial charge in [-0.2, -0.15) is 5.10 Å². The molecule has 0 saturated heterocycles. The van der Waals surface area contributed by atoms with Crippen LogP contribution in [-0.4, -0.2) is 48.0 Å². The Balaban J connectivity index is 1.77. The second kappa shape index (κ2) is 11.9. The number of thioether (sulfide) groups is 1. The van der Waals surface area contributed by atoms with E-state index in [-0.39, 0.29) is 0 Å². The number of hydrazone groups is 1. The standard InChI is InChI=1S/C18H27N5OS2/c1-3-24-12-4-10-19-17(25)23-22-14(2)15-6-8-16(9-7-15)21-18-20-11-5-13-26-18/h6-9H,3-5,10-13H2,1-2H3,(H,20,21)(H2,19,23,25)/b22-14-. The van der Waals surface area contributed by atoms with Crippen LogP contribution in [0.1, 0.15) is 32.3 Å². The minimum atomic E-state index is 0.520. The molecule has 0 aliphatic carbocycles. The molecule has 0 saturated carbocycles. The molecule has 0 atom stereocenters. The lowest BCUT2D eigenvalue weighted by Gasteiger charge is -2.13. The number of nitrogens with zero attached hydrogens (tertiary/aromatic N) is 2. The zero-order valence-corrected chi connectivity index (χ0v) is 17.0. The number of hydrogen-bond acceptors (Lipinski definition) is 6. The van der Waals surface area contributed by atoms with Crippen LogP contribution in [0.15, 0.2) is 34.4 Å². The van der Waals surface area contributed by atoms with Crippen molar-refractivity contribution < 1.29 is 4.74 Å². The third-order valence-electron chi connectivity index (χ3n) is 3.63. The summed E-state index contributed by atoms with van der Waals surface area (Å²) in [6, 6.07) is 8.15. The predicted molar refractivity (Wildman–Crippen MR) is 116 cm³/mol. The Morgan fingerprint density at radius 3 is 2.85 bits per heavy atom. The molecule has 1 aromatic rings. The van der Waals surface area contributed by atoms with Gasteiger partial charge in [-0.25, -0.2) is 0 Å². The predicted octanol–water partition coefficient (Wildman–Crippen LogP) is 3.21. The van der Waals surface area contributed by atoms with Crippen LogP contribution in [0.25, 0.3) is 0 Å². The third kappa shape index (κ3) is 7.72. The van der Waals surface area contributed by atoms with Crippen molar-refractivity contribution in [2.24, 2.45) is 10.1 Å². The summed E-state index contributed by atoms with van der Waals surface area (Å²) in [6.07, 6.45) is 2.07. The molecule has 142 valence electrons. The fourth-order valence-corrected chi connectivity index (χ4v) is 3.20. The summed E-state index contributed by atoms with van der Waals surface area (Å²) in [7, 11) is 0. The quantitative estimate of drug-likeness (QED) is 0.273. The average molecular weight is 394 g/mol. The van der Waals surface area contributed by atoms with Crippen LogP contribution < -0.4 is 16.1 Å². The molecule has 3 N–H and O–H groups in total. The minimum absolute atomic E-state index is 0.520. The van der Waals surface area contributed by atoms with E-state index in [1.807, 2.05) is 38.1 Å². The smallest absolute Gasteiger partial charge is 0.186 e. The maximum atomic E-state index is 5.28. The largest absolute Gasteiger partial charge is 0.382 e. The van der Waals surface area contributed by atoms with E-state index in [0.717, 1.165) is 67.0 Å². The van der Waals surface area contributed by atoms with Gasteiger partial charge in [0.25, 0.3) is 0 Å². The molecule has 0 aromatic heterocycles. The Bertz CT molecular complexity index is 631. The monoisotopic (exact) mass is 393 g/mol. The summed E-state index contributed by atoms with van der Waals surface area (Å²) in [5.74, 6) is 1.13. The Morgan fingerprint density at radius 1 is 1.35 bits per heavy atom. The van der Waals surface area contributed by atoms with Gasteiger partial charge in [0.05, 0.1) is 5.71 Å². The molecule has 1 heterocycles. The van der Waals surface area contributed by atoms with Gasteiger partial charge in [0.15, 0.2) is 10.3 Å². The van der Waals surface area contributed by atoms with E-state index in [9.17, 15) is 0 Å². The van der Waals surface area contributed by atoms with E-state index in [2.05, 4.69) is 26.2 Å². The lowest BCUT2D eigenvalue weighted by molar-refractivity contribution is 0.145. The molecule has 0 spiro atoms. The Hall–Kier alpha value is -1.64. The van der Waals surface area contributed by atoms with Crippen LogP contribution in [0, 0.1) is 0 Å². The molecule has 0 radical (unpaired) electrons. The number of amidine groups is 1. The first-order chi connectivity index (χ1) is 12.7. The molecule has 6 nitrogen and oxygen atoms in total. The molecule has 0 bridgehead atoms. The Labute approximate surface area is 165 Å². The number of benzene rings is 1. The van der Waals surface area contributed by atoms with Crippen LogP contribution in [0.4, 0.5) is 5.69 Å². The first-order valence-electron chi connectivity index (χ1n) is 8.89. The third-order valence-corrected chi connectivity index (χ3v) is 4.86. The van der Waals surface area contributed by atoms with Crippen LogP contribution in [0.3, 0.4) is 0 Å². The van der Waals surface area contributed by atoms with Gasteiger partial charge in [0.2, 0.25) is 0 Å². The number of nitrogens with one attached hydrogen (secondary N) is 3. The highest BCUT2D eigenvalue weighted by Crippen LogP contribution is 2.17. The first-order valence-corrected chi connectivity index (χ1v) is 10.3. The second-order valence-electron chi connectivity index (χ2n) is 5.71. The highest BCUT2D eigenvalue weighted by molar-refractivity contribution is 8.14. The first kappa shape index (κ1) is 20.7. The maximum Gasteiger partial charge on any atom is 0.186 e. The number of hydrogen-bond donors (Lipinski definition) is 3. The van der Waals surface area contributed by atoms with Crippen molar-refractivity contribution in [2.45, 2.75) is 26.7 Å². The maximum absolute atomic E-state index is 5.28. The van der Waals surface area contributed by atoms with Gasteiger partial charge in [-0.05, 0) is 56.6 Å². The summed E-state index contributed by atoms with van der Waals surface area (Å²) in [6.45, 7) is 7.09. The lowest BCUT2D eigenvalue weighted by atomic mass is 10.1. The van der Waals surface area contributed by atoms with Gasteiger partial charge in [-0.15, -0.1) is 0 Å². The molecular formula is C18H27N5OS2. The highest BCUT2D eigenvalue weighted by atomic mass is 32.2. The van der Waals surface area contributed by atoms with Gasteiger partial charge < -0.3 is 15.4 Å². The molecular weight excluding hydrogens is 366 g/mol. The number of thiocarbonyl (C=S) groups is 1. The Kier molecular flexibility index (Phi) is 9.44. The zero-order valence-electron chi connectivity index (χ0n) is 15.4. The van der Waals surface area contributed by atoms with E-state index in [4.69, 9.17) is 17.0 Å². The lowest BCUT2D eigenvalue weighted by Crippen LogP contribution is -2.33. The van der Waals surface area contributed by atoms with E-state index >= 15 is 0 Å². The van der Waals surface area contributed by atoms with E-state index < -0.39 is 0 Å². The molecule has 0 unspecified atom stereocenters. The molecule has 1 aliphatic heterocycles. The van der Waals surface area contributed by atoms with Crippen LogP contribution in [0.5, 0.6) is 0 Å². The van der Waals surface area contributed by atoms with E-state index in [1.165, 1.54) is 0 Å². The zero-order chi connectivity index (χ0) is 18.6. The molecule has 1 aliphatic rings. The summed E-state index contributed by atoms with van der Waals surface area (Å²) in [4.78, 5) is 4.48. The van der Waals surface area contributed by atoms with Crippen molar-refractivity contribution in [1.82, 2.24) is 10.7 Å². The van der Waals surface area contributed by atoms with Crippen molar-refractivity contribution >= 4 is 45.7 Å².